The molecule has 0 aliphatic heterocycles. The molecule has 0 bridgehead atoms. The van der Waals surface area contributed by atoms with Crippen molar-refractivity contribution in [1.29, 1.82) is 0 Å². The van der Waals surface area contributed by atoms with Gasteiger partial charge in [-0.3, -0.25) is 4.79 Å². The van der Waals surface area contributed by atoms with E-state index in [4.69, 9.17) is 0 Å². The van der Waals surface area contributed by atoms with Crippen LogP contribution in [0.15, 0.2) is 23.8 Å². The molecule has 2 aliphatic rings. The van der Waals surface area contributed by atoms with Crippen LogP contribution < -0.4 is 0 Å². The van der Waals surface area contributed by atoms with E-state index in [0.29, 0.717) is 17.6 Å². The molecule has 1 nitrogen and oxygen atoms in total. The number of carbonyl (C=O) groups is 1. The molecular formula is C14H20O. The predicted molar refractivity (Wildman–Crippen MR) is 62.5 cm³/mol. The van der Waals surface area contributed by atoms with Gasteiger partial charge in [0.25, 0.3) is 0 Å². The molecule has 3 unspecified atom stereocenters. The van der Waals surface area contributed by atoms with Crippen molar-refractivity contribution in [3.8, 4) is 0 Å². The maximum atomic E-state index is 11.6. The molecule has 0 radical (unpaired) electrons. The Morgan fingerprint density at radius 3 is 2.80 bits per heavy atom. The van der Waals surface area contributed by atoms with Crippen molar-refractivity contribution in [2.75, 3.05) is 0 Å². The van der Waals surface area contributed by atoms with Crippen molar-refractivity contribution in [2.45, 2.75) is 39.5 Å². The van der Waals surface area contributed by atoms with Gasteiger partial charge in [-0.05, 0) is 51.4 Å². The first-order valence-electron chi connectivity index (χ1n) is 5.95. The molecular weight excluding hydrogens is 184 g/mol. The Bertz CT molecular complexity index is 324. The molecule has 0 spiro atoms. The van der Waals surface area contributed by atoms with Gasteiger partial charge in [0.1, 0.15) is 5.78 Å². The summed E-state index contributed by atoms with van der Waals surface area (Å²) >= 11 is 0. The fraction of sp³-hybridized carbons (Fsp3) is 0.643. The van der Waals surface area contributed by atoms with Crippen LogP contribution >= 0.6 is 0 Å². The van der Waals surface area contributed by atoms with Crippen LogP contribution in [0.3, 0.4) is 0 Å². The Labute approximate surface area is 92.3 Å². The van der Waals surface area contributed by atoms with E-state index in [-0.39, 0.29) is 5.92 Å². The number of ketones is 1. The maximum Gasteiger partial charge on any atom is 0.133 e. The predicted octanol–water partition coefficient (Wildman–Crippen LogP) is 3.51. The molecule has 0 aromatic heterocycles. The minimum Gasteiger partial charge on any atom is -0.300 e. The van der Waals surface area contributed by atoms with Crippen LogP contribution in [-0.2, 0) is 4.79 Å². The summed E-state index contributed by atoms with van der Waals surface area (Å²) in [6, 6.07) is 0. The fourth-order valence-electron chi connectivity index (χ4n) is 3.17. The summed E-state index contributed by atoms with van der Waals surface area (Å²) in [5.74, 6) is 1.66. The number of Topliss-reactive ketones (excluding diaryl/α,β-unsaturated/α-hetero) is 1. The summed E-state index contributed by atoms with van der Waals surface area (Å²) in [4.78, 5) is 11.6. The van der Waals surface area contributed by atoms with Crippen LogP contribution in [-0.4, -0.2) is 5.78 Å². The summed E-state index contributed by atoms with van der Waals surface area (Å²) < 4.78 is 0. The zero-order valence-corrected chi connectivity index (χ0v) is 9.75. The Morgan fingerprint density at radius 2 is 2.13 bits per heavy atom. The lowest BCUT2D eigenvalue weighted by molar-refractivity contribution is -0.123. The summed E-state index contributed by atoms with van der Waals surface area (Å²) in [5, 5.41) is 0. The van der Waals surface area contributed by atoms with Crippen molar-refractivity contribution in [3.63, 3.8) is 0 Å². The molecule has 1 heteroatoms. The first-order valence-corrected chi connectivity index (χ1v) is 5.95. The lowest BCUT2D eigenvalue weighted by Gasteiger charge is -2.40. The van der Waals surface area contributed by atoms with Crippen molar-refractivity contribution in [3.05, 3.63) is 23.8 Å². The molecule has 0 aromatic carbocycles. The van der Waals surface area contributed by atoms with E-state index in [0.717, 1.165) is 12.8 Å². The lowest BCUT2D eigenvalue weighted by Crippen LogP contribution is -2.34. The number of hydrogen-bond acceptors (Lipinski definition) is 1. The van der Waals surface area contributed by atoms with Gasteiger partial charge in [-0.15, -0.1) is 0 Å². The van der Waals surface area contributed by atoms with Crippen LogP contribution in [0.1, 0.15) is 39.5 Å². The Hall–Kier alpha value is -0.850. The molecule has 3 atom stereocenters. The Morgan fingerprint density at radius 1 is 1.40 bits per heavy atom. The third kappa shape index (κ3) is 1.92. The van der Waals surface area contributed by atoms with Crippen molar-refractivity contribution in [1.82, 2.24) is 0 Å². The zero-order chi connectivity index (χ0) is 11.0. The van der Waals surface area contributed by atoms with E-state index in [9.17, 15) is 4.79 Å². The second kappa shape index (κ2) is 3.96. The molecule has 1 fully saturated rings. The smallest absolute Gasteiger partial charge is 0.133 e. The quantitative estimate of drug-likeness (QED) is 0.597. The number of carbonyl (C=O) groups excluding carboxylic acids is 1. The standard InChI is InChI=1S/C14H20O/c1-9-4-6-12-10(2)5-7-13(11(3)15)14(12)8-9/h8,12-14H,2,4-7H2,1,3H3. The van der Waals surface area contributed by atoms with Gasteiger partial charge < -0.3 is 0 Å². The van der Waals surface area contributed by atoms with E-state index in [1.54, 1.807) is 6.92 Å². The van der Waals surface area contributed by atoms with Crippen molar-refractivity contribution >= 4 is 5.78 Å². The van der Waals surface area contributed by atoms with Gasteiger partial charge in [-0.25, -0.2) is 0 Å². The lowest BCUT2D eigenvalue weighted by atomic mass is 9.64. The summed E-state index contributed by atoms with van der Waals surface area (Å²) in [5.41, 5.74) is 2.83. The third-order valence-electron chi connectivity index (χ3n) is 4.08. The van der Waals surface area contributed by atoms with Gasteiger partial charge in [0.05, 0.1) is 0 Å². The van der Waals surface area contributed by atoms with Gasteiger partial charge >= 0.3 is 0 Å². The van der Waals surface area contributed by atoms with E-state index < -0.39 is 0 Å². The van der Waals surface area contributed by atoms with Crippen LogP contribution in [0.4, 0.5) is 0 Å². The van der Waals surface area contributed by atoms with Crippen molar-refractivity contribution in [2.24, 2.45) is 17.8 Å². The second-order valence-electron chi connectivity index (χ2n) is 5.15. The molecule has 0 N–H and O–H groups in total. The number of rotatable bonds is 1. The van der Waals surface area contributed by atoms with Crippen LogP contribution in [0.5, 0.6) is 0 Å². The Kier molecular flexibility index (Phi) is 2.81. The van der Waals surface area contributed by atoms with E-state index in [1.807, 2.05) is 0 Å². The van der Waals surface area contributed by atoms with E-state index in [2.05, 4.69) is 19.6 Å². The minimum atomic E-state index is 0.260. The molecule has 2 rings (SSSR count). The normalized spacial score (nSPS) is 35.7. The third-order valence-corrected chi connectivity index (χ3v) is 4.08. The van der Waals surface area contributed by atoms with Gasteiger partial charge in [-0.2, -0.15) is 0 Å². The fourth-order valence-corrected chi connectivity index (χ4v) is 3.17. The molecule has 82 valence electrons. The second-order valence-corrected chi connectivity index (χ2v) is 5.15. The first-order chi connectivity index (χ1) is 7.09. The largest absolute Gasteiger partial charge is 0.300 e. The molecule has 2 aliphatic carbocycles. The van der Waals surface area contributed by atoms with Gasteiger partial charge in [0.15, 0.2) is 0 Å². The summed E-state index contributed by atoms with van der Waals surface area (Å²) in [6.45, 7) is 8.11. The van der Waals surface area contributed by atoms with E-state index >= 15 is 0 Å². The number of hydrogen-bond donors (Lipinski definition) is 0. The van der Waals surface area contributed by atoms with Gasteiger partial charge in [0, 0.05) is 5.92 Å². The van der Waals surface area contributed by atoms with E-state index in [1.165, 1.54) is 24.0 Å². The monoisotopic (exact) mass is 204 g/mol. The van der Waals surface area contributed by atoms with Gasteiger partial charge in [0.2, 0.25) is 0 Å². The zero-order valence-electron chi connectivity index (χ0n) is 9.75. The van der Waals surface area contributed by atoms with Crippen LogP contribution in [0, 0.1) is 17.8 Å². The topological polar surface area (TPSA) is 17.1 Å². The summed E-state index contributed by atoms with van der Waals surface area (Å²) in [7, 11) is 0. The van der Waals surface area contributed by atoms with Crippen LogP contribution in [0.25, 0.3) is 0 Å². The Balaban J connectivity index is 2.28. The highest BCUT2D eigenvalue weighted by atomic mass is 16.1. The summed E-state index contributed by atoms with van der Waals surface area (Å²) in [6.07, 6.45) is 6.79. The van der Waals surface area contributed by atoms with Gasteiger partial charge in [-0.1, -0.05) is 23.8 Å². The molecule has 0 aromatic rings. The molecule has 0 heterocycles. The van der Waals surface area contributed by atoms with Crippen molar-refractivity contribution < 1.29 is 4.79 Å². The highest BCUT2D eigenvalue weighted by Gasteiger charge is 2.37. The van der Waals surface area contributed by atoms with Crippen LogP contribution in [0.2, 0.25) is 0 Å². The molecule has 0 saturated heterocycles. The maximum absolute atomic E-state index is 11.6. The minimum absolute atomic E-state index is 0.260. The average Bonchev–Trinajstić information content (AvgIpc) is 2.17. The molecule has 0 amide bonds. The molecule has 15 heavy (non-hydrogen) atoms. The molecule has 1 saturated carbocycles. The number of allylic oxidation sites excluding steroid dienone is 3. The highest BCUT2D eigenvalue weighted by molar-refractivity contribution is 5.79. The number of fused-ring (bicyclic) bond motifs is 1. The first kappa shape index (κ1) is 10.7. The SMILES string of the molecule is C=C1CCC(C(C)=O)C2C=C(C)CCC12. The highest BCUT2D eigenvalue weighted by Crippen LogP contribution is 2.44. The average molecular weight is 204 g/mol.